The minimum atomic E-state index is -0.654. The third-order valence-electron chi connectivity index (χ3n) is 4.23. The van der Waals surface area contributed by atoms with Gasteiger partial charge in [0.2, 0.25) is 0 Å². The van der Waals surface area contributed by atoms with Crippen LogP contribution in [0.1, 0.15) is 12.8 Å². The van der Waals surface area contributed by atoms with E-state index >= 15 is 0 Å². The van der Waals surface area contributed by atoms with Crippen LogP contribution < -0.4 is 15.5 Å². The van der Waals surface area contributed by atoms with Crippen LogP contribution in [0.4, 0.5) is 26.1 Å². The van der Waals surface area contributed by atoms with Gasteiger partial charge in [-0.1, -0.05) is 0 Å². The summed E-state index contributed by atoms with van der Waals surface area (Å²) in [7, 11) is 1.99. The zero-order valence-corrected chi connectivity index (χ0v) is 13.6. The van der Waals surface area contributed by atoms with Crippen LogP contribution in [0.3, 0.4) is 0 Å². The van der Waals surface area contributed by atoms with Crippen LogP contribution in [-0.4, -0.2) is 36.6 Å². The van der Waals surface area contributed by atoms with Crippen LogP contribution in [0.5, 0.6) is 0 Å². The highest BCUT2D eigenvalue weighted by Gasteiger charge is 2.16. The molecule has 3 rings (SSSR count). The fourth-order valence-electron chi connectivity index (χ4n) is 2.90. The molecule has 0 radical (unpaired) electrons. The number of rotatable bonds is 5. The molecule has 0 bridgehead atoms. The summed E-state index contributed by atoms with van der Waals surface area (Å²) in [5.41, 5.74) is 0.182. The van der Waals surface area contributed by atoms with Crippen LogP contribution in [0.25, 0.3) is 0 Å². The molecule has 1 saturated heterocycles. The normalized spacial score (nSPS) is 15.3. The summed E-state index contributed by atoms with van der Waals surface area (Å²) in [4.78, 5) is 10.5. The number of hydrogen-bond acceptors (Lipinski definition) is 5. The second-order valence-electron chi connectivity index (χ2n) is 6.08. The smallest absolute Gasteiger partial charge is 0.149 e. The molecule has 0 atom stereocenters. The molecular weight excluding hydrogens is 312 g/mol. The fourth-order valence-corrected chi connectivity index (χ4v) is 2.90. The lowest BCUT2D eigenvalue weighted by molar-refractivity contribution is 0.377. The first kappa shape index (κ1) is 16.6. The molecule has 0 spiro atoms. The zero-order valence-electron chi connectivity index (χ0n) is 13.6. The number of piperidine rings is 1. The topological polar surface area (TPSA) is 53.1 Å². The zero-order chi connectivity index (χ0) is 16.9. The quantitative estimate of drug-likeness (QED) is 0.881. The van der Waals surface area contributed by atoms with E-state index in [9.17, 15) is 8.78 Å². The van der Waals surface area contributed by atoms with Gasteiger partial charge in [-0.2, -0.15) is 0 Å². The first-order chi connectivity index (χ1) is 11.6. The lowest BCUT2D eigenvalue weighted by atomic mass is 9.98. The molecule has 0 aliphatic carbocycles. The minimum absolute atomic E-state index is 0.182. The van der Waals surface area contributed by atoms with Crippen LogP contribution in [0.2, 0.25) is 0 Å². The number of benzene rings is 1. The molecule has 0 unspecified atom stereocenters. The van der Waals surface area contributed by atoms with Gasteiger partial charge in [0.25, 0.3) is 0 Å². The Kier molecular flexibility index (Phi) is 5.20. The summed E-state index contributed by atoms with van der Waals surface area (Å²) < 4.78 is 26.7. The highest BCUT2D eigenvalue weighted by Crippen LogP contribution is 2.22. The standard InChI is InChI=1S/C17H21F2N5/c1-24(10-12-4-6-20-7-5-12)17-9-16(21-11-22-17)23-15-3-2-13(18)8-14(15)19/h2-3,8-9,11-12,20H,4-7,10H2,1H3,(H,21,22,23). The fraction of sp³-hybridized carbons (Fsp3) is 0.412. The number of halogens is 2. The average molecular weight is 333 g/mol. The van der Waals surface area contributed by atoms with Gasteiger partial charge in [0.1, 0.15) is 29.6 Å². The van der Waals surface area contributed by atoms with Crippen molar-refractivity contribution in [3.63, 3.8) is 0 Å². The summed E-state index contributed by atoms with van der Waals surface area (Å²) in [6.45, 7) is 3.03. The van der Waals surface area contributed by atoms with E-state index < -0.39 is 11.6 Å². The largest absolute Gasteiger partial charge is 0.359 e. The van der Waals surface area contributed by atoms with Gasteiger partial charge in [0.15, 0.2) is 0 Å². The summed E-state index contributed by atoms with van der Waals surface area (Å²) >= 11 is 0. The van der Waals surface area contributed by atoms with E-state index in [0.717, 1.165) is 44.4 Å². The van der Waals surface area contributed by atoms with Gasteiger partial charge in [-0.3, -0.25) is 0 Å². The number of anilines is 3. The number of nitrogens with zero attached hydrogens (tertiary/aromatic N) is 3. The van der Waals surface area contributed by atoms with Gasteiger partial charge in [-0.05, 0) is 44.0 Å². The first-order valence-electron chi connectivity index (χ1n) is 8.08. The Balaban J connectivity index is 1.68. The monoisotopic (exact) mass is 333 g/mol. The van der Waals surface area contributed by atoms with Crippen molar-refractivity contribution >= 4 is 17.3 Å². The second-order valence-corrected chi connectivity index (χ2v) is 6.08. The molecule has 7 heteroatoms. The molecule has 1 fully saturated rings. The maximum absolute atomic E-state index is 13.7. The molecular formula is C17H21F2N5. The van der Waals surface area contributed by atoms with Gasteiger partial charge >= 0.3 is 0 Å². The third kappa shape index (κ3) is 4.17. The lowest BCUT2D eigenvalue weighted by Crippen LogP contribution is -2.34. The molecule has 2 N–H and O–H groups in total. The molecule has 1 aromatic carbocycles. The van der Waals surface area contributed by atoms with Crippen molar-refractivity contribution in [1.82, 2.24) is 15.3 Å². The molecule has 1 aliphatic heterocycles. The van der Waals surface area contributed by atoms with Gasteiger partial charge in [0, 0.05) is 25.7 Å². The Morgan fingerprint density at radius 3 is 2.75 bits per heavy atom. The Labute approximate surface area is 140 Å². The van der Waals surface area contributed by atoms with E-state index in [-0.39, 0.29) is 5.69 Å². The molecule has 24 heavy (non-hydrogen) atoms. The van der Waals surface area contributed by atoms with E-state index in [2.05, 4.69) is 25.5 Å². The lowest BCUT2D eigenvalue weighted by Gasteiger charge is -2.28. The van der Waals surface area contributed by atoms with Crippen LogP contribution >= 0.6 is 0 Å². The number of hydrogen-bond donors (Lipinski definition) is 2. The van der Waals surface area contributed by atoms with Gasteiger partial charge < -0.3 is 15.5 Å². The van der Waals surface area contributed by atoms with Crippen molar-refractivity contribution in [2.24, 2.45) is 5.92 Å². The average Bonchev–Trinajstić information content (AvgIpc) is 2.59. The molecule has 2 heterocycles. The summed E-state index contributed by atoms with van der Waals surface area (Å²) in [5.74, 6) is 0.620. The molecule has 1 aliphatic rings. The van der Waals surface area contributed by atoms with E-state index in [1.165, 1.54) is 18.5 Å². The highest BCUT2D eigenvalue weighted by atomic mass is 19.1. The van der Waals surface area contributed by atoms with Crippen LogP contribution in [0, 0.1) is 17.6 Å². The molecule has 1 aromatic heterocycles. The van der Waals surface area contributed by atoms with Crippen molar-refractivity contribution in [2.75, 3.05) is 36.9 Å². The van der Waals surface area contributed by atoms with E-state index in [1.54, 1.807) is 6.07 Å². The van der Waals surface area contributed by atoms with Crippen molar-refractivity contribution in [1.29, 1.82) is 0 Å². The second kappa shape index (κ2) is 7.53. The predicted molar refractivity (Wildman–Crippen MR) is 90.5 cm³/mol. The molecule has 0 amide bonds. The van der Waals surface area contributed by atoms with E-state index in [1.807, 2.05) is 7.05 Å². The van der Waals surface area contributed by atoms with E-state index in [0.29, 0.717) is 11.7 Å². The van der Waals surface area contributed by atoms with Crippen molar-refractivity contribution in [3.8, 4) is 0 Å². The van der Waals surface area contributed by atoms with Gasteiger partial charge in [-0.15, -0.1) is 0 Å². The summed E-state index contributed by atoms with van der Waals surface area (Å²) in [6, 6.07) is 5.17. The Morgan fingerprint density at radius 1 is 1.21 bits per heavy atom. The van der Waals surface area contributed by atoms with Crippen molar-refractivity contribution in [2.45, 2.75) is 12.8 Å². The maximum Gasteiger partial charge on any atom is 0.149 e. The Hall–Kier alpha value is -2.28. The number of nitrogens with one attached hydrogen (secondary N) is 2. The summed E-state index contributed by atoms with van der Waals surface area (Å²) in [5, 5.41) is 6.23. The molecule has 0 saturated carbocycles. The SMILES string of the molecule is CN(CC1CCNCC1)c1cc(Nc2ccc(F)cc2F)ncn1. The van der Waals surface area contributed by atoms with Crippen LogP contribution in [-0.2, 0) is 0 Å². The van der Waals surface area contributed by atoms with Gasteiger partial charge in [0.05, 0.1) is 5.69 Å². The first-order valence-corrected chi connectivity index (χ1v) is 8.08. The maximum atomic E-state index is 13.7. The predicted octanol–water partition coefficient (Wildman–Crippen LogP) is 2.93. The minimum Gasteiger partial charge on any atom is -0.359 e. The summed E-state index contributed by atoms with van der Waals surface area (Å²) in [6.07, 6.45) is 3.75. The number of aromatic nitrogens is 2. The van der Waals surface area contributed by atoms with Crippen molar-refractivity contribution in [3.05, 3.63) is 42.2 Å². The Morgan fingerprint density at radius 2 is 2.00 bits per heavy atom. The molecule has 5 nitrogen and oxygen atoms in total. The molecule has 2 aromatic rings. The molecule has 128 valence electrons. The highest BCUT2D eigenvalue weighted by molar-refractivity contribution is 5.59. The van der Waals surface area contributed by atoms with E-state index in [4.69, 9.17) is 0 Å². The van der Waals surface area contributed by atoms with Gasteiger partial charge in [-0.25, -0.2) is 18.7 Å². The Bertz CT molecular complexity index is 688. The third-order valence-corrected chi connectivity index (χ3v) is 4.23. The van der Waals surface area contributed by atoms with Crippen LogP contribution in [0.15, 0.2) is 30.6 Å². The van der Waals surface area contributed by atoms with Crippen molar-refractivity contribution < 1.29 is 8.78 Å².